The highest BCUT2D eigenvalue weighted by Gasteiger charge is 2.21. The van der Waals surface area contributed by atoms with Crippen molar-refractivity contribution in [2.75, 3.05) is 19.0 Å². The number of aromatic carboxylic acids is 1. The van der Waals surface area contributed by atoms with Gasteiger partial charge in [-0.25, -0.2) is 4.79 Å². The highest BCUT2D eigenvalue weighted by molar-refractivity contribution is 5.93. The number of benzene rings is 1. The number of carboxylic acids is 1. The van der Waals surface area contributed by atoms with Gasteiger partial charge in [-0.1, -0.05) is 0 Å². The van der Waals surface area contributed by atoms with Crippen molar-refractivity contribution in [3.63, 3.8) is 0 Å². The van der Waals surface area contributed by atoms with Gasteiger partial charge in [0, 0.05) is 6.54 Å². The van der Waals surface area contributed by atoms with Crippen LogP contribution in [0.1, 0.15) is 15.9 Å². The molecule has 0 amide bonds. The van der Waals surface area contributed by atoms with Crippen LogP contribution in [0.2, 0.25) is 0 Å². The number of anilines is 1. The van der Waals surface area contributed by atoms with Crippen LogP contribution in [0.15, 0.2) is 12.1 Å². The standard InChI is InChI=1S/C10H11NO3/c1-14-8-3-2-7(10(12)13)6-4-5-11-9(6)8/h2-3,11H,4-5H2,1H3,(H,12,13). The molecule has 1 aromatic carbocycles. The SMILES string of the molecule is COc1ccc(C(=O)O)c2c1NCC2. The topological polar surface area (TPSA) is 58.6 Å². The molecule has 0 aromatic heterocycles. The minimum atomic E-state index is -0.882. The van der Waals surface area contributed by atoms with Crippen LogP contribution in [-0.4, -0.2) is 24.7 Å². The van der Waals surface area contributed by atoms with Gasteiger partial charge in [0.2, 0.25) is 0 Å². The lowest BCUT2D eigenvalue weighted by atomic mass is 10.0. The molecule has 0 spiro atoms. The number of fused-ring (bicyclic) bond motifs is 1. The summed E-state index contributed by atoms with van der Waals surface area (Å²) in [4.78, 5) is 10.9. The van der Waals surface area contributed by atoms with E-state index in [1.807, 2.05) is 0 Å². The molecule has 4 nitrogen and oxygen atoms in total. The molecule has 1 aliphatic heterocycles. The molecule has 0 aliphatic carbocycles. The summed E-state index contributed by atoms with van der Waals surface area (Å²) in [5, 5.41) is 12.1. The largest absolute Gasteiger partial charge is 0.495 e. The van der Waals surface area contributed by atoms with Gasteiger partial charge in [-0.2, -0.15) is 0 Å². The summed E-state index contributed by atoms with van der Waals surface area (Å²) in [7, 11) is 1.58. The molecule has 0 bridgehead atoms. The zero-order valence-corrected chi connectivity index (χ0v) is 7.83. The second-order valence-corrected chi connectivity index (χ2v) is 3.15. The van der Waals surface area contributed by atoms with Gasteiger partial charge in [-0.3, -0.25) is 0 Å². The molecule has 2 rings (SSSR count). The quantitative estimate of drug-likeness (QED) is 0.744. The summed E-state index contributed by atoms with van der Waals surface area (Å²) in [6.07, 6.45) is 0.744. The Balaban J connectivity index is 2.58. The molecular formula is C10H11NO3. The number of carbonyl (C=O) groups is 1. The Morgan fingerprint density at radius 1 is 1.57 bits per heavy atom. The summed E-state index contributed by atoms with van der Waals surface area (Å²) < 4.78 is 5.14. The summed E-state index contributed by atoms with van der Waals surface area (Å²) in [5.74, 6) is -0.171. The average molecular weight is 193 g/mol. The summed E-state index contributed by atoms with van der Waals surface area (Å²) >= 11 is 0. The second kappa shape index (κ2) is 3.21. The molecule has 0 saturated heterocycles. The molecule has 0 unspecified atom stereocenters. The van der Waals surface area contributed by atoms with Crippen LogP contribution in [0, 0.1) is 0 Å². The molecule has 0 fully saturated rings. The van der Waals surface area contributed by atoms with Gasteiger partial charge in [-0.15, -0.1) is 0 Å². The molecular weight excluding hydrogens is 182 g/mol. The molecule has 1 aromatic rings. The Labute approximate surface area is 81.5 Å². The number of nitrogens with one attached hydrogen (secondary N) is 1. The molecule has 0 radical (unpaired) electrons. The molecule has 0 saturated carbocycles. The van der Waals surface area contributed by atoms with E-state index in [1.165, 1.54) is 0 Å². The smallest absolute Gasteiger partial charge is 0.336 e. The first kappa shape index (κ1) is 8.87. The molecule has 14 heavy (non-hydrogen) atoms. The van der Waals surface area contributed by atoms with E-state index in [-0.39, 0.29) is 0 Å². The normalized spacial score (nSPS) is 13.2. The van der Waals surface area contributed by atoms with E-state index >= 15 is 0 Å². The third kappa shape index (κ3) is 1.19. The van der Waals surface area contributed by atoms with Crippen molar-refractivity contribution < 1.29 is 14.6 Å². The number of carboxylic acid groups (broad SMARTS) is 1. The molecule has 4 heteroatoms. The van der Waals surface area contributed by atoms with Crippen molar-refractivity contribution in [2.45, 2.75) is 6.42 Å². The van der Waals surface area contributed by atoms with E-state index < -0.39 is 5.97 Å². The average Bonchev–Trinajstić information content (AvgIpc) is 2.64. The van der Waals surface area contributed by atoms with Gasteiger partial charge in [0.1, 0.15) is 5.75 Å². The van der Waals surface area contributed by atoms with E-state index in [1.54, 1.807) is 19.2 Å². The first-order chi connectivity index (χ1) is 6.74. The van der Waals surface area contributed by atoms with Gasteiger partial charge in [-0.05, 0) is 24.1 Å². The zero-order valence-electron chi connectivity index (χ0n) is 7.83. The van der Waals surface area contributed by atoms with E-state index in [0.29, 0.717) is 11.3 Å². The maximum absolute atomic E-state index is 10.9. The van der Waals surface area contributed by atoms with Gasteiger partial charge < -0.3 is 15.2 Å². The van der Waals surface area contributed by atoms with Gasteiger partial charge >= 0.3 is 5.97 Å². The second-order valence-electron chi connectivity index (χ2n) is 3.15. The lowest BCUT2D eigenvalue weighted by molar-refractivity contribution is 0.0696. The van der Waals surface area contributed by atoms with Crippen LogP contribution in [0.3, 0.4) is 0 Å². The number of hydrogen-bond acceptors (Lipinski definition) is 3. The number of hydrogen-bond donors (Lipinski definition) is 2. The van der Waals surface area contributed by atoms with Gasteiger partial charge in [0.05, 0.1) is 18.4 Å². The zero-order chi connectivity index (χ0) is 10.1. The van der Waals surface area contributed by atoms with E-state index in [0.717, 1.165) is 24.2 Å². The monoisotopic (exact) mass is 193 g/mol. The van der Waals surface area contributed by atoms with Gasteiger partial charge in [0.25, 0.3) is 0 Å². The van der Waals surface area contributed by atoms with Crippen molar-refractivity contribution >= 4 is 11.7 Å². The summed E-state index contributed by atoms with van der Waals surface area (Å²) in [6.45, 7) is 0.774. The molecule has 0 atom stereocenters. The summed E-state index contributed by atoms with van der Waals surface area (Å²) in [5.41, 5.74) is 2.04. The lowest BCUT2D eigenvalue weighted by Gasteiger charge is -2.09. The van der Waals surface area contributed by atoms with Crippen LogP contribution in [0.5, 0.6) is 5.75 Å². The van der Waals surface area contributed by atoms with E-state index in [4.69, 9.17) is 9.84 Å². The Morgan fingerprint density at radius 2 is 2.36 bits per heavy atom. The molecule has 74 valence electrons. The van der Waals surface area contributed by atoms with Crippen molar-refractivity contribution in [3.8, 4) is 5.75 Å². The third-order valence-corrected chi connectivity index (χ3v) is 2.40. The number of rotatable bonds is 2. The van der Waals surface area contributed by atoms with Crippen LogP contribution in [0.25, 0.3) is 0 Å². The predicted molar refractivity (Wildman–Crippen MR) is 52.1 cm³/mol. The molecule has 1 aliphatic rings. The van der Waals surface area contributed by atoms with Crippen LogP contribution >= 0.6 is 0 Å². The maximum atomic E-state index is 10.9. The Kier molecular flexibility index (Phi) is 2.04. The van der Waals surface area contributed by atoms with Gasteiger partial charge in [0.15, 0.2) is 0 Å². The molecule has 1 heterocycles. The highest BCUT2D eigenvalue weighted by Crippen LogP contribution is 2.34. The van der Waals surface area contributed by atoms with Crippen molar-refractivity contribution in [2.24, 2.45) is 0 Å². The first-order valence-electron chi connectivity index (χ1n) is 4.41. The minimum Gasteiger partial charge on any atom is -0.495 e. The highest BCUT2D eigenvalue weighted by atomic mass is 16.5. The van der Waals surface area contributed by atoms with Crippen LogP contribution < -0.4 is 10.1 Å². The fourth-order valence-electron chi connectivity index (χ4n) is 1.76. The first-order valence-corrected chi connectivity index (χ1v) is 4.41. The number of ether oxygens (including phenoxy) is 1. The van der Waals surface area contributed by atoms with Crippen LogP contribution in [0.4, 0.5) is 5.69 Å². The van der Waals surface area contributed by atoms with Crippen molar-refractivity contribution in [3.05, 3.63) is 23.3 Å². The Bertz CT molecular complexity index is 387. The maximum Gasteiger partial charge on any atom is 0.336 e. The van der Waals surface area contributed by atoms with Crippen LogP contribution in [-0.2, 0) is 6.42 Å². The van der Waals surface area contributed by atoms with Crippen molar-refractivity contribution in [1.82, 2.24) is 0 Å². The Morgan fingerprint density at radius 3 is 3.00 bits per heavy atom. The fourth-order valence-corrected chi connectivity index (χ4v) is 1.76. The lowest BCUT2D eigenvalue weighted by Crippen LogP contribution is -2.01. The van der Waals surface area contributed by atoms with E-state index in [2.05, 4.69) is 5.32 Å². The fraction of sp³-hybridized carbons (Fsp3) is 0.300. The van der Waals surface area contributed by atoms with Crippen molar-refractivity contribution in [1.29, 1.82) is 0 Å². The predicted octanol–water partition coefficient (Wildman–Crippen LogP) is 1.36. The number of methoxy groups -OCH3 is 1. The Hall–Kier alpha value is -1.71. The summed E-state index contributed by atoms with van der Waals surface area (Å²) in [6, 6.07) is 3.27. The third-order valence-electron chi connectivity index (χ3n) is 2.40. The van der Waals surface area contributed by atoms with E-state index in [9.17, 15) is 4.79 Å². The molecule has 2 N–H and O–H groups in total. The minimum absolute atomic E-state index is 0.366.